The molecular formula is C8H14N2O. The van der Waals surface area contributed by atoms with Crippen molar-refractivity contribution in [3.63, 3.8) is 0 Å². The van der Waals surface area contributed by atoms with Crippen LogP contribution < -0.4 is 0 Å². The largest absolute Gasteiger partial charge is 0.393 e. The fraction of sp³-hybridized carbons (Fsp3) is 0.625. The fourth-order valence-electron chi connectivity index (χ4n) is 1.13. The molecule has 0 aliphatic rings. The smallest absolute Gasteiger partial charge is 0.0679 e. The lowest BCUT2D eigenvalue weighted by atomic mass is 10.1. The van der Waals surface area contributed by atoms with Crippen molar-refractivity contribution in [2.24, 2.45) is 7.05 Å². The second kappa shape index (κ2) is 3.05. The van der Waals surface area contributed by atoms with Crippen molar-refractivity contribution >= 4 is 0 Å². The molecule has 0 bridgehead atoms. The maximum atomic E-state index is 9.09. The van der Waals surface area contributed by atoms with Gasteiger partial charge in [0.2, 0.25) is 0 Å². The first kappa shape index (κ1) is 8.27. The molecule has 0 aliphatic carbocycles. The monoisotopic (exact) mass is 154 g/mol. The number of hydrogen-bond acceptors (Lipinski definition) is 2. The standard InChI is InChI=1S/C8H14N2O/c1-6-5-10(3)9-8(6)4-7(2)11/h5,7,11H,4H2,1-3H3/t7-/m1/s1. The Balaban J connectivity index is 2.77. The first-order valence-electron chi connectivity index (χ1n) is 3.77. The highest BCUT2D eigenvalue weighted by Gasteiger charge is 2.05. The minimum absolute atomic E-state index is 0.302. The van der Waals surface area contributed by atoms with Crippen LogP contribution in [-0.4, -0.2) is 21.0 Å². The Labute approximate surface area is 66.7 Å². The SMILES string of the molecule is Cc1cn(C)nc1C[C@@H](C)O. The van der Waals surface area contributed by atoms with E-state index in [9.17, 15) is 0 Å². The quantitative estimate of drug-likeness (QED) is 0.679. The maximum absolute atomic E-state index is 9.09. The fourth-order valence-corrected chi connectivity index (χ4v) is 1.13. The Morgan fingerprint density at radius 3 is 2.73 bits per heavy atom. The van der Waals surface area contributed by atoms with E-state index in [1.165, 1.54) is 0 Å². The van der Waals surface area contributed by atoms with E-state index in [1.807, 2.05) is 20.2 Å². The minimum Gasteiger partial charge on any atom is -0.393 e. The third-order valence-electron chi connectivity index (χ3n) is 1.60. The summed E-state index contributed by atoms with van der Waals surface area (Å²) in [5.41, 5.74) is 2.14. The number of aliphatic hydroxyl groups excluding tert-OH is 1. The summed E-state index contributed by atoms with van der Waals surface area (Å²) in [6.07, 6.45) is 2.30. The molecule has 1 heterocycles. The van der Waals surface area contributed by atoms with Gasteiger partial charge >= 0.3 is 0 Å². The molecule has 0 fully saturated rings. The van der Waals surface area contributed by atoms with Gasteiger partial charge in [-0.15, -0.1) is 0 Å². The molecule has 62 valence electrons. The van der Waals surface area contributed by atoms with Crippen molar-refractivity contribution in [2.75, 3.05) is 0 Å². The molecule has 0 saturated carbocycles. The van der Waals surface area contributed by atoms with Gasteiger partial charge in [0.1, 0.15) is 0 Å². The van der Waals surface area contributed by atoms with Crippen LogP contribution in [0.4, 0.5) is 0 Å². The van der Waals surface area contributed by atoms with Crippen LogP contribution in [-0.2, 0) is 13.5 Å². The second-order valence-corrected chi connectivity index (χ2v) is 2.99. The van der Waals surface area contributed by atoms with E-state index in [2.05, 4.69) is 5.10 Å². The Morgan fingerprint density at radius 2 is 2.36 bits per heavy atom. The normalized spacial score (nSPS) is 13.5. The molecule has 1 N–H and O–H groups in total. The van der Waals surface area contributed by atoms with E-state index < -0.39 is 0 Å². The molecule has 1 aromatic heterocycles. The van der Waals surface area contributed by atoms with Crippen LogP contribution in [0, 0.1) is 6.92 Å². The number of hydrogen-bond donors (Lipinski definition) is 1. The van der Waals surface area contributed by atoms with Gasteiger partial charge in [-0.1, -0.05) is 0 Å². The van der Waals surface area contributed by atoms with Crippen molar-refractivity contribution in [3.05, 3.63) is 17.5 Å². The van der Waals surface area contributed by atoms with Gasteiger partial charge in [0, 0.05) is 19.7 Å². The van der Waals surface area contributed by atoms with Gasteiger partial charge < -0.3 is 5.11 Å². The molecule has 0 unspecified atom stereocenters. The van der Waals surface area contributed by atoms with Gasteiger partial charge in [-0.25, -0.2) is 0 Å². The predicted octanol–water partition coefficient (Wildman–Crippen LogP) is 0.652. The van der Waals surface area contributed by atoms with E-state index in [-0.39, 0.29) is 6.10 Å². The topological polar surface area (TPSA) is 38.0 Å². The van der Waals surface area contributed by atoms with E-state index >= 15 is 0 Å². The summed E-state index contributed by atoms with van der Waals surface area (Å²) in [6, 6.07) is 0. The average Bonchev–Trinajstić information content (AvgIpc) is 2.09. The first-order valence-corrected chi connectivity index (χ1v) is 3.77. The van der Waals surface area contributed by atoms with Crippen molar-refractivity contribution in [1.29, 1.82) is 0 Å². The van der Waals surface area contributed by atoms with Gasteiger partial charge in [0.05, 0.1) is 11.8 Å². The van der Waals surface area contributed by atoms with Crippen LogP contribution in [0.5, 0.6) is 0 Å². The van der Waals surface area contributed by atoms with E-state index in [0.717, 1.165) is 11.3 Å². The van der Waals surface area contributed by atoms with Crippen LogP contribution in [0.15, 0.2) is 6.20 Å². The lowest BCUT2D eigenvalue weighted by molar-refractivity contribution is 0.194. The summed E-state index contributed by atoms with van der Waals surface area (Å²) in [4.78, 5) is 0. The van der Waals surface area contributed by atoms with Crippen molar-refractivity contribution in [2.45, 2.75) is 26.4 Å². The van der Waals surface area contributed by atoms with Gasteiger partial charge in [-0.3, -0.25) is 4.68 Å². The van der Waals surface area contributed by atoms with Crippen LogP contribution in [0.1, 0.15) is 18.2 Å². The summed E-state index contributed by atoms with van der Waals surface area (Å²) in [7, 11) is 1.89. The van der Waals surface area contributed by atoms with Crippen LogP contribution in [0.3, 0.4) is 0 Å². The Hall–Kier alpha value is -0.830. The van der Waals surface area contributed by atoms with Crippen LogP contribution in [0.2, 0.25) is 0 Å². The summed E-state index contributed by atoms with van der Waals surface area (Å²) in [6.45, 7) is 3.78. The molecule has 3 nitrogen and oxygen atoms in total. The molecule has 0 radical (unpaired) electrons. The Bertz CT molecular complexity index is 240. The maximum Gasteiger partial charge on any atom is 0.0679 e. The third-order valence-corrected chi connectivity index (χ3v) is 1.60. The average molecular weight is 154 g/mol. The lowest BCUT2D eigenvalue weighted by Crippen LogP contribution is -2.06. The number of aryl methyl sites for hydroxylation is 2. The predicted molar refractivity (Wildman–Crippen MR) is 43.3 cm³/mol. The zero-order valence-corrected chi connectivity index (χ0v) is 7.20. The molecule has 3 heteroatoms. The van der Waals surface area contributed by atoms with E-state index in [0.29, 0.717) is 6.42 Å². The summed E-state index contributed by atoms with van der Waals surface area (Å²) >= 11 is 0. The highest BCUT2D eigenvalue weighted by molar-refractivity contribution is 5.15. The van der Waals surface area contributed by atoms with Crippen LogP contribution >= 0.6 is 0 Å². The Kier molecular flexibility index (Phi) is 2.29. The minimum atomic E-state index is -0.302. The van der Waals surface area contributed by atoms with Gasteiger partial charge in [-0.2, -0.15) is 5.10 Å². The van der Waals surface area contributed by atoms with E-state index in [4.69, 9.17) is 5.11 Å². The highest BCUT2D eigenvalue weighted by atomic mass is 16.3. The summed E-state index contributed by atoms with van der Waals surface area (Å²) < 4.78 is 1.77. The number of aromatic nitrogens is 2. The summed E-state index contributed by atoms with van der Waals surface area (Å²) in [5, 5.41) is 13.3. The molecule has 11 heavy (non-hydrogen) atoms. The number of rotatable bonds is 2. The molecule has 0 aliphatic heterocycles. The molecule has 1 atom stereocenters. The first-order chi connectivity index (χ1) is 5.09. The van der Waals surface area contributed by atoms with Crippen molar-refractivity contribution in [1.82, 2.24) is 9.78 Å². The van der Waals surface area contributed by atoms with Gasteiger partial charge in [0.15, 0.2) is 0 Å². The molecule has 1 aromatic rings. The van der Waals surface area contributed by atoms with Crippen molar-refractivity contribution < 1.29 is 5.11 Å². The molecule has 0 aromatic carbocycles. The molecular weight excluding hydrogens is 140 g/mol. The van der Waals surface area contributed by atoms with Crippen molar-refractivity contribution in [3.8, 4) is 0 Å². The molecule has 1 rings (SSSR count). The van der Waals surface area contributed by atoms with Gasteiger partial charge in [-0.05, 0) is 19.4 Å². The number of aliphatic hydroxyl groups is 1. The van der Waals surface area contributed by atoms with E-state index in [1.54, 1.807) is 11.6 Å². The zero-order valence-electron chi connectivity index (χ0n) is 7.20. The number of nitrogens with zero attached hydrogens (tertiary/aromatic N) is 2. The van der Waals surface area contributed by atoms with Gasteiger partial charge in [0.25, 0.3) is 0 Å². The highest BCUT2D eigenvalue weighted by Crippen LogP contribution is 2.06. The zero-order chi connectivity index (χ0) is 8.43. The third kappa shape index (κ3) is 2.05. The van der Waals surface area contributed by atoms with Crippen LogP contribution in [0.25, 0.3) is 0 Å². The second-order valence-electron chi connectivity index (χ2n) is 2.99. The molecule has 0 amide bonds. The summed E-state index contributed by atoms with van der Waals surface area (Å²) in [5.74, 6) is 0. The molecule has 0 spiro atoms. The lowest BCUT2D eigenvalue weighted by Gasteiger charge is -2.00. The Morgan fingerprint density at radius 1 is 1.73 bits per heavy atom. The molecule has 0 saturated heterocycles.